The summed E-state index contributed by atoms with van der Waals surface area (Å²) in [6, 6.07) is 0.0134. The van der Waals surface area contributed by atoms with Crippen molar-refractivity contribution in [2.45, 2.75) is 51.5 Å². The molecular formula is C13H26N2O2. The van der Waals surface area contributed by atoms with Gasteiger partial charge in [-0.1, -0.05) is 26.2 Å². The van der Waals surface area contributed by atoms with E-state index in [1.165, 1.54) is 19.3 Å². The van der Waals surface area contributed by atoms with Crippen LogP contribution in [0, 0.1) is 5.41 Å². The average molecular weight is 242 g/mol. The van der Waals surface area contributed by atoms with Crippen LogP contribution in [0.5, 0.6) is 0 Å². The molecule has 17 heavy (non-hydrogen) atoms. The molecule has 0 radical (unpaired) electrons. The summed E-state index contributed by atoms with van der Waals surface area (Å²) < 4.78 is 4.96. The van der Waals surface area contributed by atoms with Crippen LogP contribution in [0.15, 0.2) is 0 Å². The van der Waals surface area contributed by atoms with Gasteiger partial charge in [-0.05, 0) is 19.3 Å². The molecule has 0 aromatic carbocycles. The Bertz CT molecular complexity index is 238. The first-order chi connectivity index (χ1) is 8.08. The number of hydrogen-bond donors (Lipinski definition) is 2. The number of carbonyl (C=O) groups is 1. The van der Waals surface area contributed by atoms with Gasteiger partial charge < -0.3 is 15.8 Å². The van der Waals surface area contributed by atoms with Crippen LogP contribution in [0.3, 0.4) is 0 Å². The first-order valence-electron chi connectivity index (χ1n) is 6.61. The van der Waals surface area contributed by atoms with E-state index in [-0.39, 0.29) is 17.4 Å². The van der Waals surface area contributed by atoms with Gasteiger partial charge in [-0.15, -0.1) is 0 Å². The fraction of sp³-hybridized carbons (Fsp3) is 0.923. The minimum atomic E-state index is -0.149. The largest absolute Gasteiger partial charge is 0.383 e. The summed E-state index contributed by atoms with van der Waals surface area (Å²) in [5, 5.41) is 3.01. The van der Waals surface area contributed by atoms with Crippen molar-refractivity contribution in [2.75, 3.05) is 20.3 Å². The Labute approximate surface area is 104 Å². The Balaban J connectivity index is 2.24. The van der Waals surface area contributed by atoms with Gasteiger partial charge in [-0.2, -0.15) is 0 Å². The van der Waals surface area contributed by atoms with Crippen molar-refractivity contribution in [3.63, 3.8) is 0 Å². The molecule has 1 rings (SSSR count). The van der Waals surface area contributed by atoms with Gasteiger partial charge in [-0.3, -0.25) is 4.79 Å². The smallest absolute Gasteiger partial charge is 0.225 e. The minimum Gasteiger partial charge on any atom is -0.383 e. The lowest BCUT2D eigenvalue weighted by Gasteiger charge is -2.32. The van der Waals surface area contributed by atoms with Crippen molar-refractivity contribution in [3.8, 4) is 0 Å². The molecule has 0 bridgehead atoms. The van der Waals surface area contributed by atoms with E-state index in [4.69, 9.17) is 10.5 Å². The molecule has 100 valence electrons. The lowest BCUT2D eigenvalue weighted by Crippen LogP contribution is -2.42. The van der Waals surface area contributed by atoms with Gasteiger partial charge in [0.05, 0.1) is 6.61 Å². The van der Waals surface area contributed by atoms with Crippen LogP contribution in [0.1, 0.15) is 45.4 Å². The van der Waals surface area contributed by atoms with Crippen LogP contribution in [-0.4, -0.2) is 32.2 Å². The quantitative estimate of drug-likeness (QED) is 0.740. The molecule has 1 aliphatic rings. The van der Waals surface area contributed by atoms with Gasteiger partial charge in [0.25, 0.3) is 0 Å². The van der Waals surface area contributed by atoms with Gasteiger partial charge in [0.2, 0.25) is 5.91 Å². The molecule has 0 aromatic rings. The maximum absolute atomic E-state index is 12.1. The number of rotatable bonds is 6. The molecule has 1 fully saturated rings. The molecule has 0 spiro atoms. The van der Waals surface area contributed by atoms with E-state index in [9.17, 15) is 4.79 Å². The normalized spacial score (nSPS) is 20.9. The van der Waals surface area contributed by atoms with Crippen molar-refractivity contribution in [1.29, 1.82) is 0 Å². The third-order valence-corrected chi connectivity index (χ3v) is 3.69. The summed E-state index contributed by atoms with van der Waals surface area (Å²) in [5.74, 6) is 0.196. The van der Waals surface area contributed by atoms with Gasteiger partial charge in [0.1, 0.15) is 0 Å². The first-order valence-corrected chi connectivity index (χ1v) is 6.61. The molecule has 0 saturated heterocycles. The van der Waals surface area contributed by atoms with Crippen LogP contribution < -0.4 is 11.1 Å². The molecular weight excluding hydrogens is 216 g/mol. The van der Waals surface area contributed by atoms with Gasteiger partial charge in [0.15, 0.2) is 0 Å². The van der Waals surface area contributed by atoms with E-state index in [1.54, 1.807) is 7.11 Å². The molecule has 4 nitrogen and oxygen atoms in total. The van der Waals surface area contributed by atoms with Gasteiger partial charge in [-0.25, -0.2) is 0 Å². The van der Waals surface area contributed by atoms with Crippen LogP contribution >= 0.6 is 0 Å². The Hall–Kier alpha value is -0.610. The van der Waals surface area contributed by atoms with E-state index >= 15 is 0 Å². The Morgan fingerprint density at radius 2 is 2.06 bits per heavy atom. The summed E-state index contributed by atoms with van der Waals surface area (Å²) in [6.45, 7) is 3.28. The molecule has 0 heterocycles. The average Bonchev–Trinajstić information content (AvgIpc) is 2.30. The summed E-state index contributed by atoms with van der Waals surface area (Å²) in [5.41, 5.74) is 5.66. The summed E-state index contributed by atoms with van der Waals surface area (Å²) in [7, 11) is 1.64. The number of methoxy groups -OCH3 is 1. The van der Waals surface area contributed by atoms with Gasteiger partial charge >= 0.3 is 0 Å². The molecule has 0 aromatic heterocycles. The molecule has 1 atom stereocenters. The number of carbonyl (C=O) groups excluding carboxylic acids is 1. The number of hydrogen-bond acceptors (Lipinski definition) is 3. The second kappa shape index (κ2) is 6.97. The fourth-order valence-electron chi connectivity index (χ4n) is 2.44. The number of ether oxygens (including phenoxy) is 1. The summed E-state index contributed by atoms with van der Waals surface area (Å²) in [4.78, 5) is 12.1. The molecule has 4 heteroatoms. The second-order valence-corrected chi connectivity index (χ2v) is 5.38. The zero-order valence-electron chi connectivity index (χ0n) is 11.1. The Morgan fingerprint density at radius 3 is 2.65 bits per heavy atom. The van der Waals surface area contributed by atoms with Crippen molar-refractivity contribution in [3.05, 3.63) is 0 Å². The van der Waals surface area contributed by atoms with E-state index in [1.807, 2.05) is 0 Å². The Kier molecular flexibility index (Phi) is 5.92. The maximum atomic E-state index is 12.1. The highest BCUT2D eigenvalue weighted by molar-refractivity contribution is 5.82. The topological polar surface area (TPSA) is 64.3 Å². The van der Waals surface area contributed by atoms with Crippen molar-refractivity contribution < 1.29 is 9.53 Å². The molecule has 1 saturated carbocycles. The van der Waals surface area contributed by atoms with E-state index < -0.39 is 0 Å². The molecule has 1 unspecified atom stereocenters. The summed E-state index contributed by atoms with van der Waals surface area (Å²) in [6.07, 6.45) is 6.42. The highest BCUT2D eigenvalue weighted by Gasteiger charge is 2.34. The second-order valence-electron chi connectivity index (χ2n) is 5.38. The van der Waals surface area contributed by atoms with Crippen molar-refractivity contribution >= 4 is 5.91 Å². The molecule has 1 aliphatic carbocycles. The molecule has 1 amide bonds. The van der Waals surface area contributed by atoms with Gasteiger partial charge in [0, 0.05) is 25.1 Å². The molecule has 3 N–H and O–H groups in total. The van der Waals surface area contributed by atoms with E-state index in [2.05, 4.69) is 12.2 Å². The highest BCUT2D eigenvalue weighted by atomic mass is 16.5. The highest BCUT2D eigenvalue weighted by Crippen LogP contribution is 2.35. The third kappa shape index (κ3) is 4.64. The zero-order valence-corrected chi connectivity index (χ0v) is 11.1. The lowest BCUT2D eigenvalue weighted by atomic mass is 9.75. The number of nitrogens with two attached hydrogens (primary N) is 1. The SMILES string of the molecule is COCC(N)CCNC(=O)C1(C)CCCCC1. The van der Waals surface area contributed by atoms with E-state index in [0.717, 1.165) is 19.3 Å². The third-order valence-electron chi connectivity index (χ3n) is 3.69. The monoisotopic (exact) mass is 242 g/mol. The van der Waals surface area contributed by atoms with Crippen LogP contribution in [0.25, 0.3) is 0 Å². The van der Waals surface area contributed by atoms with Crippen LogP contribution in [0.2, 0.25) is 0 Å². The number of amides is 1. The van der Waals surface area contributed by atoms with Crippen molar-refractivity contribution in [2.24, 2.45) is 11.1 Å². The van der Waals surface area contributed by atoms with Crippen LogP contribution in [-0.2, 0) is 9.53 Å². The predicted molar refractivity (Wildman–Crippen MR) is 68.7 cm³/mol. The minimum absolute atomic E-state index is 0.0134. The fourth-order valence-corrected chi connectivity index (χ4v) is 2.44. The first kappa shape index (κ1) is 14.5. The Morgan fingerprint density at radius 1 is 1.41 bits per heavy atom. The van der Waals surface area contributed by atoms with Crippen molar-refractivity contribution in [1.82, 2.24) is 5.32 Å². The zero-order chi connectivity index (χ0) is 12.7. The predicted octanol–water partition coefficient (Wildman–Crippen LogP) is 1.44. The maximum Gasteiger partial charge on any atom is 0.225 e. The standard InChI is InChI=1S/C13H26N2O2/c1-13(7-4-3-5-8-13)12(16)15-9-6-11(14)10-17-2/h11H,3-10,14H2,1-2H3,(H,15,16). The van der Waals surface area contributed by atoms with Crippen LogP contribution in [0.4, 0.5) is 0 Å². The van der Waals surface area contributed by atoms with E-state index in [0.29, 0.717) is 13.2 Å². The summed E-state index contributed by atoms with van der Waals surface area (Å²) >= 11 is 0. The lowest BCUT2D eigenvalue weighted by molar-refractivity contribution is -0.131. The number of nitrogens with one attached hydrogen (secondary N) is 1. The molecule has 0 aliphatic heterocycles.